The number of nitrogens with one attached hydrogen (secondary N) is 1. The Hall–Kier alpha value is -0.0800. The second-order valence-corrected chi connectivity index (χ2v) is 6.24. The highest BCUT2D eigenvalue weighted by Gasteiger charge is 2.37. The maximum Gasteiger partial charge on any atom is 0.0246 e. The Labute approximate surface area is 95.0 Å². The molecule has 0 radical (unpaired) electrons. The predicted octanol–water partition coefficient (Wildman–Crippen LogP) is 3.08. The van der Waals surface area contributed by atoms with Crippen LogP contribution < -0.4 is 11.3 Å². The van der Waals surface area contributed by atoms with Crippen LogP contribution in [0.3, 0.4) is 0 Å². The molecule has 1 fully saturated rings. The van der Waals surface area contributed by atoms with Crippen LogP contribution in [0.4, 0.5) is 0 Å². The molecule has 0 aromatic heterocycles. The highest BCUT2D eigenvalue weighted by molar-refractivity contribution is 4.89. The zero-order valence-electron chi connectivity index (χ0n) is 10.8. The molecule has 2 unspecified atom stereocenters. The molecule has 2 nitrogen and oxygen atoms in total. The van der Waals surface area contributed by atoms with Crippen molar-refractivity contribution in [2.75, 3.05) is 0 Å². The van der Waals surface area contributed by atoms with E-state index in [2.05, 4.69) is 33.1 Å². The van der Waals surface area contributed by atoms with E-state index in [0.717, 1.165) is 11.8 Å². The number of hydrazine groups is 1. The molecule has 0 spiro atoms. The third-order valence-electron chi connectivity index (χ3n) is 4.02. The van der Waals surface area contributed by atoms with Crippen molar-refractivity contribution in [3.8, 4) is 0 Å². The summed E-state index contributed by atoms with van der Waals surface area (Å²) in [5.41, 5.74) is 3.52. The second kappa shape index (κ2) is 5.31. The number of hydrogen-bond acceptors (Lipinski definition) is 2. The van der Waals surface area contributed by atoms with Crippen molar-refractivity contribution >= 4 is 0 Å². The first-order valence-electron chi connectivity index (χ1n) is 6.43. The van der Waals surface area contributed by atoms with Crippen LogP contribution in [0.15, 0.2) is 0 Å². The quantitative estimate of drug-likeness (QED) is 0.555. The van der Waals surface area contributed by atoms with Gasteiger partial charge < -0.3 is 0 Å². The molecule has 1 aliphatic rings. The van der Waals surface area contributed by atoms with Gasteiger partial charge in [0, 0.05) is 6.04 Å². The molecular formula is C13H28N2. The molecule has 15 heavy (non-hydrogen) atoms. The summed E-state index contributed by atoms with van der Waals surface area (Å²) in [4.78, 5) is 0. The molecule has 3 N–H and O–H groups in total. The van der Waals surface area contributed by atoms with Crippen LogP contribution in [0.5, 0.6) is 0 Å². The Balaban J connectivity index is 2.64. The molecule has 1 rings (SSSR count). The van der Waals surface area contributed by atoms with Gasteiger partial charge in [-0.3, -0.25) is 11.3 Å². The van der Waals surface area contributed by atoms with Gasteiger partial charge >= 0.3 is 0 Å². The largest absolute Gasteiger partial charge is 0.271 e. The molecule has 2 heteroatoms. The number of rotatable bonds is 4. The summed E-state index contributed by atoms with van der Waals surface area (Å²) >= 11 is 0. The van der Waals surface area contributed by atoms with Crippen LogP contribution in [-0.2, 0) is 0 Å². The van der Waals surface area contributed by atoms with Gasteiger partial charge in [0.15, 0.2) is 0 Å². The van der Waals surface area contributed by atoms with E-state index in [0.29, 0.717) is 11.5 Å². The molecule has 0 amide bonds. The van der Waals surface area contributed by atoms with Crippen molar-refractivity contribution in [3.63, 3.8) is 0 Å². The average Bonchev–Trinajstić information content (AvgIpc) is 2.14. The second-order valence-electron chi connectivity index (χ2n) is 6.24. The zero-order valence-corrected chi connectivity index (χ0v) is 10.8. The van der Waals surface area contributed by atoms with Crippen LogP contribution in [0, 0.1) is 17.3 Å². The summed E-state index contributed by atoms with van der Waals surface area (Å²) in [5.74, 6) is 7.20. The molecule has 0 bridgehead atoms. The summed E-state index contributed by atoms with van der Waals surface area (Å²) in [6, 6.07) is 0.500. The average molecular weight is 212 g/mol. The van der Waals surface area contributed by atoms with Crippen LogP contribution in [-0.4, -0.2) is 6.04 Å². The highest BCUT2D eigenvalue weighted by Crippen LogP contribution is 2.43. The highest BCUT2D eigenvalue weighted by atomic mass is 15.2. The van der Waals surface area contributed by atoms with Gasteiger partial charge in [-0.1, -0.05) is 40.5 Å². The minimum atomic E-state index is 0.462. The molecular weight excluding hydrogens is 184 g/mol. The molecule has 1 aliphatic carbocycles. The van der Waals surface area contributed by atoms with E-state index < -0.39 is 0 Å². The summed E-state index contributed by atoms with van der Waals surface area (Å²) in [5, 5.41) is 0. The van der Waals surface area contributed by atoms with Gasteiger partial charge in [-0.05, 0) is 36.5 Å². The first-order valence-corrected chi connectivity index (χ1v) is 6.43. The molecule has 0 aromatic carbocycles. The van der Waals surface area contributed by atoms with Crippen molar-refractivity contribution < 1.29 is 0 Å². The first-order chi connectivity index (χ1) is 6.97. The number of hydrogen-bond donors (Lipinski definition) is 2. The molecule has 0 heterocycles. The van der Waals surface area contributed by atoms with Crippen LogP contribution >= 0.6 is 0 Å². The predicted molar refractivity (Wildman–Crippen MR) is 66.3 cm³/mol. The third-order valence-corrected chi connectivity index (χ3v) is 4.02. The van der Waals surface area contributed by atoms with Crippen LogP contribution in [0.1, 0.15) is 59.8 Å². The minimum absolute atomic E-state index is 0.462. The minimum Gasteiger partial charge on any atom is -0.271 e. The van der Waals surface area contributed by atoms with Crippen LogP contribution in [0.25, 0.3) is 0 Å². The standard InChI is InChI=1S/C13H28N2/c1-10(2)9-12(15-14)11-7-5-6-8-13(11,3)4/h10-12,15H,5-9,14H2,1-4H3. The lowest BCUT2D eigenvalue weighted by atomic mass is 9.65. The SMILES string of the molecule is CC(C)CC(NN)C1CCCCC1(C)C. The van der Waals surface area contributed by atoms with Crippen molar-refractivity contribution in [2.24, 2.45) is 23.1 Å². The van der Waals surface area contributed by atoms with Crippen molar-refractivity contribution in [1.29, 1.82) is 0 Å². The summed E-state index contributed by atoms with van der Waals surface area (Å²) in [7, 11) is 0. The van der Waals surface area contributed by atoms with Gasteiger partial charge in [0.05, 0.1) is 0 Å². The van der Waals surface area contributed by atoms with Gasteiger partial charge in [0.2, 0.25) is 0 Å². The van der Waals surface area contributed by atoms with E-state index in [4.69, 9.17) is 5.84 Å². The number of nitrogens with two attached hydrogens (primary N) is 1. The molecule has 0 aromatic rings. The Bertz CT molecular complexity index is 187. The Kier molecular flexibility index (Phi) is 4.60. The van der Waals surface area contributed by atoms with Gasteiger partial charge in [0.25, 0.3) is 0 Å². The molecule has 2 atom stereocenters. The van der Waals surface area contributed by atoms with Gasteiger partial charge in [0.1, 0.15) is 0 Å². The van der Waals surface area contributed by atoms with Crippen molar-refractivity contribution in [2.45, 2.75) is 65.8 Å². The molecule has 1 saturated carbocycles. The van der Waals surface area contributed by atoms with E-state index in [1.807, 2.05) is 0 Å². The van der Waals surface area contributed by atoms with Crippen molar-refractivity contribution in [1.82, 2.24) is 5.43 Å². The maximum atomic E-state index is 5.72. The van der Waals surface area contributed by atoms with Gasteiger partial charge in [-0.2, -0.15) is 0 Å². The fourth-order valence-electron chi connectivity index (χ4n) is 3.12. The van der Waals surface area contributed by atoms with Gasteiger partial charge in [-0.15, -0.1) is 0 Å². The third kappa shape index (κ3) is 3.46. The molecule has 0 aliphatic heterocycles. The van der Waals surface area contributed by atoms with E-state index in [1.54, 1.807) is 0 Å². The summed E-state index contributed by atoms with van der Waals surface area (Å²) in [6.07, 6.45) is 6.67. The van der Waals surface area contributed by atoms with E-state index >= 15 is 0 Å². The fraction of sp³-hybridized carbons (Fsp3) is 1.00. The monoisotopic (exact) mass is 212 g/mol. The zero-order chi connectivity index (χ0) is 11.5. The maximum absolute atomic E-state index is 5.72. The molecule has 90 valence electrons. The molecule has 0 saturated heterocycles. The Morgan fingerprint density at radius 3 is 2.47 bits per heavy atom. The Morgan fingerprint density at radius 1 is 1.33 bits per heavy atom. The fourth-order valence-corrected chi connectivity index (χ4v) is 3.12. The smallest absolute Gasteiger partial charge is 0.0246 e. The first kappa shape index (κ1) is 13.0. The topological polar surface area (TPSA) is 38.0 Å². The van der Waals surface area contributed by atoms with E-state index in [-0.39, 0.29) is 0 Å². The van der Waals surface area contributed by atoms with Gasteiger partial charge in [-0.25, -0.2) is 0 Å². The van der Waals surface area contributed by atoms with E-state index in [9.17, 15) is 0 Å². The lowest BCUT2D eigenvalue weighted by Crippen LogP contribution is -2.48. The normalized spacial score (nSPS) is 28.0. The summed E-state index contributed by atoms with van der Waals surface area (Å²) < 4.78 is 0. The van der Waals surface area contributed by atoms with Crippen LogP contribution in [0.2, 0.25) is 0 Å². The lowest BCUT2D eigenvalue weighted by Gasteiger charge is -2.43. The lowest BCUT2D eigenvalue weighted by molar-refractivity contribution is 0.0896. The Morgan fingerprint density at radius 2 is 2.00 bits per heavy atom. The van der Waals surface area contributed by atoms with Crippen molar-refractivity contribution in [3.05, 3.63) is 0 Å². The summed E-state index contributed by atoms with van der Waals surface area (Å²) in [6.45, 7) is 9.36. The van der Waals surface area contributed by atoms with E-state index in [1.165, 1.54) is 32.1 Å².